The topological polar surface area (TPSA) is 98.3 Å². The SMILES string of the molecule is CN1CCN(c2nc(C=Cc3ccc(Cl)cc3)nc(Nc3ccc(NC(=O)Nc4ccc(F)cc4)cc3)n2)CC1. The van der Waals surface area contributed by atoms with Gasteiger partial charge in [0.2, 0.25) is 11.9 Å². The van der Waals surface area contributed by atoms with Gasteiger partial charge in [0.05, 0.1) is 0 Å². The fraction of sp³-hybridized carbons (Fsp3) is 0.172. The summed E-state index contributed by atoms with van der Waals surface area (Å²) in [6, 6.07) is 19.8. The van der Waals surface area contributed by atoms with Crippen LogP contribution in [0, 0.1) is 5.82 Å². The fourth-order valence-corrected chi connectivity index (χ4v) is 4.12. The maximum absolute atomic E-state index is 13.1. The molecule has 2 amide bonds. The Bertz CT molecular complexity index is 1470. The van der Waals surface area contributed by atoms with E-state index < -0.39 is 6.03 Å². The Morgan fingerprint density at radius 2 is 1.40 bits per heavy atom. The van der Waals surface area contributed by atoms with Crippen LogP contribution in [0.25, 0.3) is 12.2 Å². The molecule has 0 spiro atoms. The molecular weight excluding hydrogens is 531 g/mol. The van der Waals surface area contributed by atoms with Crippen LogP contribution in [0.1, 0.15) is 11.4 Å². The van der Waals surface area contributed by atoms with Crippen molar-refractivity contribution >= 4 is 58.7 Å². The molecule has 0 aliphatic carbocycles. The molecule has 3 N–H and O–H groups in total. The van der Waals surface area contributed by atoms with Gasteiger partial charge in [0.1, 0.15) is 5.82 Å². The summed E-state index contributed by atoms with van der Waals surface area (Å²) in [6.07, 6.45) is 3.78. The monoisotopic (exact) mass is 558 g/mol. The molecule has 1 aromatic heterocycles. The van der Waals surface area contributed by atoms with E-state index in [1.165, 1.54) is 24.3 Å². The Kier molecular flexibility index (Phi) is 8.48. The van der Waals surface area contributed by atoms with E-state index in [2.05, 4.69) is 42.8 Å². The summed E-state index contributed by atoms with van der Waals surface area (Å²) >= 11 is 6.01. The van der Waals surface area contributed by atoms with Gasteiger partial charge in [-0.05, 0) is 79.4 Å². The van der Waals surface area contributed by atoms with E-state index in [1.807, 2.05) is 48.6 Å². The average molecular weight is 559 g/mol. The summed E-state index contributed by atoms with van der Waals surface area (Å²) in [7, 11) is 2.10. The standard InChI is InChI=1S/C29H28ClFN8O/c1-38-16-18-39(19-17-38)28-36-26(15-4-20-2-5-21(30)6-3-20)35-27(37-28)32-23-11-13-25(14-12-23)34-29(40)33-24-9-7-22(31)8-10-24/h2-15H,16-19H2,1H3,(H2,33,34,40)(H,32,35,36,37). The lowest BCUT2D eigenvalue weighted by Crippen LogP contribution is -2.45. The molecule has 40 heavy (non-hydrogen) atoms. The number of aromatic nitrogens is 3. The highest BCUT2D eigenvalue weighted by molar-refractivity contribution is 6.30. The van der Waals surface area contributed by atoms with Crippen LogP contribution in [-0.4, -0.2) is 59.1 Å². The third-order valence-electron chi connectivity index (χ3n) is 6.22. The lowest BCUT2D eigenvalue weighted by Gasteiger charge is -2.32. The Labute approximate surface area is 236 Å². The highest BCUT2D eigenvalue weighted by atomic mass is 35.5. The van der Waals surface area contributed by atoms with E-state index in [4.69, 9.17) is 16.6 Å². The van der Waals surface area contributed by atoms with Gasteiger partial charge in [0.15, 0.2) is 5.82 Å². The maximum atomic E-state index is 13.1. The van der Waals surface area contributed by atoms with Crippen molar-refractivity contribution in [1.29, 1.82) is 0 Å². The van der Waals surface area contributed by atoms with Crippen LogP contribution in [0.15, 0.2) is 72.8 Å². The minimum Gasteiger partial charge on any atom is -0.338 e. The van der Waals surface area contributed by atoms with Gasteiger partial charge in [-0.3, -0.25) is 0 Å². The summed E-state index contributed by atoms with van der Waals surface area (Å²) < 4.78 is 13.1. The molecule has 1 fully saturated rings. The zero-order valence-corrected chi connectivity index (χ0v) is 22.6. The Morgan fingerprint density at radius 1 is 0.800 bits per heavy atom. The van der Waals surface area contributed by atoms with Crippen molar-refractivity contribution in [3.05, 3.63) is 95.0 Å². The second-order valence-corrected chi connectivity index (χ2v) is 9.72. The van der Waals surface area contributed by atoms with Crippen molar-refractivity contribution in [3.8, 4) is 0 Å². The molecule has 9 nitrogen and oxygen atoms in total. The molecule has 0 bridgehead atoms. The number of carbonyl (C=O) groups excluding carboxylic acids is 1. The molecule has 2 heterocycles. The first kappa shape index (κ1) is 27.0. The number of rotatable bonds is 7. The van der Waals surface area contributed by atoms with Crippen molar-refractivity contribution in [1.82, 2.24) is 19.9 Å². The van der Waals surface area contributed by atoms with Crippen LogP contribution >= 0.6 is 11.6 Å². The fourth-order valence-electron chi connectivity index (χ4n) is 4.00. The minimum absolute atomic E-state index is 0.368. The summed E-state index contributed by atoms with van der Waals surface area (Å²) in [5.41, 5.74) is 2.80. The number of hydrogen-bond donors (Lipinski definition) is 3. The van der Waals surface area contributed by atoms with Crippen molar-refractivity contribution < 1.29 is 9.18 Å². The number of benzene rings is 3. The van der Waals surface area contributed by atoms with E-state index in [1.54, 1.807) is 12.1 Å². The zero-order chi connectivity index (χ0) is 27.9. The van der Waals surface area contributed by atoms with Crippen LogP contribution < -0.4 is 20.9 Å². The number of nitrogens with zero attached hydrogens (tertiary/aromatic N) is 5. The quantitative estimate of drug-likeness (QED) is 0.257. The molecule has 0 saturated carbocycles. The molecule has 204 valence electrons. The number of nitrogens with one attached hydrogen (secondary N) is 3. The van der Waals surface area contributed by atoms with Gasteiger partial charge < -0.3 is 25.8 Å². The van der Waals surface area contributed by atoms with Gasteiger partial charge >= 0.3 is 6.03 Å². The van der Waals surface area contributed by atoms with Gasteiger partial charge in [-0.15, -0.1) is 0 Å². The Balaban J connectivity index is 1.30. The Morgan fingerprint density at radius 3 is 2.05 bits per heavy atom. The molecular formula is C29H28ClFN8O. The van der Waals surface area contributed by atoms with Crippen LogP contribution in [-0.2, 0) is 0 Å². The van der Waals surface area contributed by atoms with Crippen LogP contribution in [0.5, 0.6) is 0 Å². The van der Waals surface area contributed by atoms with E-state index in [0.717, 1.165) is 37.4 Å². The van der Waals surface area contributed by atoms with Crippen LogP contribution in [0.4, 0.5) is 38.1 Å². The largest absolute Gasteiger partial charge is 0.338 e. The summed E-state index contributed by atoms with van der Waals surface area (Å²) in [6.45, 7) is 3.49. The van der Waals surface area contributed by atoms with Crippen molar-refractivity contribution in [2.75, 3.05) is 54.1 Å². The number of hydrogen-bond acceptors (Lipinski definition) is 7. The molecule has 11 heteroatoms. The van der Waals surface area contributed by atoms with Gasteiger partial charge in [-0.2, -0.15) is 15.0 Å². The van der Waals surface area contributed by atoms with Crippen LogP contribution in [0.3, 0.4) is 0 Å². The number of amides is 2. The van der Waals surface area contributed by atoms with Gasteiger partial charge in [-0.25, -0.2) is 9.18 Å². The lowest BCUT2D eigenvalue weighted by molar-refractivity contribution is 0.262. The highest BCUT2D eigenvalue weighted by Gasteiger charge is 2.18. The van der Waals surface area contributed by atoms with Crippen molar-refractivity contribution in [3.63, 3.8) is 0 Å². The zero-order valence-electron chi connectivity index (χ0n) is 21.8. The van der Waals surface area contributed by atoms with E-state index in [9.17, 15) is 9.18 Å². The first-order valence-corrected chi connectivity index (χ1v) is 13.1. The third kappa shape index (κ3) is 7.52. The molecule has 0 unspecified atom stereocenters. The normalized spacial score (nSPS) is 13.8. The van der Waals surface area contributed by atoms with E-state index >= 15 is 0 Å². The molecule has 1 saturated heterocycles. The van der Waals surface area contributed by atoms with E-state index in [-0.39, 0.29) is 5.82 Å². The smallest absolute Gasteiger partial charge is 0.323 e. The van der Waals surface area contributed by atoms with Gasteiger partial charge in [-0.1, -0.05) is 29.8 Å². The number of carbonyl (C=O) groups is 1. The second-order valence-electron chi connectivity index (χ2n) is 9.28. The molecule has 1 aliphatic heterocycles. The first-order valence-electron chi connectivity index (χ1n) is 12.7. The van der Waals surface area contributed by atoms with E-state index in [0.29, 0.717) is 34.1 Å². The second kappa shape index (κ2) is 12.5. The Hall–Kier alpha value is -4.54. The first-order chi connectivity index (χ1) is 19.4. The number of likely N-dealkylation sites (N-methyl/N-ethyl adjacent to an activating group) is 1. The molecule has 4 aromatic rings. The van der Waals surface area contributed by atoms with Crippen molar-refractivity contribution in [2.24, 2.45) is 0 Å². The number of halogens is 2. The predicted octanol–water partition coefficient (Wildman–Crippen LogP) is 5.97. The maximum Gasteiger partial charge on any atom is 0.323 e. The summed E-state index contributed by atoms with van der Waals surface area (Å²) in [4.78, 5) is 30.7. The highest BCUT2D eigenvalue weighted by Crippen LogP contribution is 2.21. The minimum atomic E-state index is -0.432. The number of urea groups is 1. The predicted molar refractivity (Wildman–Crippen MR) is 159 cm³/mol. The molecule has 0 atom stereocenters. The third-order valence-corrected chi connectivity index (χ3v) is 6.47. The lowest BCUT2D eigenvalue weighted by atomic mass is 10.2. The van der Waals surface area contributed by atoms with Gasteiger partial charge in [0.25, 0.3) is 0 Å². The van der Waals surface area contributed by atoms with Crippen molar-refractivity contribution in [2.45, 2.75) is 0 Å². The van der Waals surface area contributed by atoms with Gasteiger partial charge in [0, 0.05) is 48.3 Å². The average Bonchev–Trinajstić information content (AvgIpc) is 2.95. The summed E-state index contributed by atoms with van der Waals surface area (Å²) in [5.74, 6) is 1.18. The molecule has 0 radical (unpaired) electrons. The molecule has 3 aromatic carbocycles. The summed E-state index contributed by atoms with van der Waals surface area (Å²) in [5, 5.41) is 9.35. The molecule has 5 rings (SSSR count). The van der Waals surface area contributed by atoms with Crippen LogP contribution in [0.2, 0.25) is 5.02 Å². The number of piperazine rings is 1. The number of anilines is 5. The molecule has 1 aliphatic rings.